The molecule has 2 heterocycles. The van der Waals surface area contributed by atoms with Crippen LogP contribution in [0.5, 0.6) is 0 Å². The van der Waals surface area contributed by atoms with Gasteiger partial charge in [-0.3, -0.25) is 9.78 Å². The van der Waals surface area contributed by atoms with E-state index in [9.17, 15) is 13.6 Å². The standard InChI is InChI=1S/C22H20F2N4O/c23-16-4-6-19(7-5-16)27-10-12-28(13-11-27)20-8-9-25-21(15-20)22(29)26-18-3-1-2-17(24)14-18/h1-9,14-15H,10-13H2,(H,26,29). The van der Waals surface area contributed by atoms with Crippen LogP contribution in [-0.2, 0) is 0 Å². The van der Waals surface area contributed by atoms with E-state index in [0.717, 1.165) is 37.6 Å². The highest BCUT2D eigenvalue weighted by atomic mass is 19.1. The van der Waals surface area contributed by atoms with Gasteiger partial charge < -0.3 is 15.1 Å². The molecule has 148 valence electrons. The van der Waals surface area contributed by atoms with Gasteiger partial charge in [0.25, 0.3) is 5.91 Å². The van der Waals surface area contributed by atoms with Crippen LogP contribution in [0.2, 0.25) is 0 Å². The number of nitrogens with one attached hydrogen (secondary N) is 1. The van der Waals surface area contributed by atoms with E-state index in [4.69, 9.17) is 0 Å². The molecular formula is C22H20F2N4O. The van der Waals surface area contributed by atoms with Crippen molar-refractivity contribution in [3.8, 4) is 0 Å². The molecule has 0 aliphatic carbocycles. The van der Waals surface area contributed by atoms with E-state index in [-0.39, 0.29) is 17.4 Å². The molecule has 0 radical (unpaired) electrons. The maximum Gasteiger partial charge on any atom is 0.274 e. The van der Waals surface area contributed by atoms with E-state index in [0.29, 0.717) is 5.69 Å². The van der Waals surface area contributed by atoms with E-state index < -0.39 is 5.82 Å². The second-order valence-corrected chi connectivity index (χ2v) is 6.81. The molecule has 29 heavy (non-hydrogen) atoms. The van der Waals surface area contributed by atoms with Crippen molar-refractivity contribution < 1.29 is 13.6 Å². The highest BCUT2D eigenvalue weighted by molar-refractivity contribution is 6.03. The summed E-state index contributed by atoms with van der Waals surface area (Å²) < 4.78 is 26.4. The first-order valence-electron chi connectivity index (χ1n) is 9.37. The van der Waals surface area contributed by atoms with Gasteiger partial charge in [0.2, 0.25) is 0 Å². The number of nitrogens with zero attached hydrogens (tertiary/aromatic N) is 3. The zero-order valence-electron chi connectivity index (χ0n) is 15.7. The Morgan fingerprint density at radius 3 is 2.21 bits per heavy atom. The number of hydrogen-bond donors (Lipinski definition) is 1. The van der Waals surface area contributed by atoms with Crippen LogP contribution in [0.15, 0.2) is 66.9 Å². The Morgan fingerprint density at radius 1 is 0.828 bits per heavy atom. The second-order valence-electron chi connectivity index (χ2n) is 6.81. The largest absolute Gasteiger partial charge is 0.368 e. The van der Waals surface area contributed by atoms with Crippen molar-refractivity contribution in [2.24, 2.45) is 0 Å². The van der Waals surface area contributed by atoms with Crippen molar-refractivity contribution >= 4 is 23.0 Å². The first-order valence-corrected chi connectivity index (χ1v) is 9.37. The quantitative estimate of drug-likeness (QED) is 0.728. The number of halogens is 2. The fourth-order valence-electron chi connectivity index (χ4n) is 3.38. The summed E-state index contributed by atoms with van der Waals surface area (Å²) in [5.74, 6) is -1.04. The summed E-state index contributed by atoms with van der Waals surface area (Å²) in [6.07, 6.45) is 1.60. The van der Waals surface area contributed by atoms with E-state index in [1.165, 1.54) is 30.3 Å². The lowest BCUT2D eigenvalue weighted by Crippen LogP contribution is -2.46. The van der Waals surface area contributed by atoms with Crippen LogP contribution in [0.1, 0.15) is 10.5 Å². The minimum atomic E-state index is -0.413. The Bertz CT molecular complexity index is 1000. The smallest absolute Gasteiger partial charge is 0.274 e. The molecule has 1 fully saturated rings. The fraction of sp³-hybridized carbons (Fsp3) is 0.182. The normalized spacial score (nSPS) is 14.0. The molecule has 0 bridgehead atoms. The first kappa shape index (κ1) is 18.9. The summed E-state index contributed by atoms with van der Waals surface area (Å²) >= 11 is 0. The van der Waals surface area contributed by atoms with Crippen LogP contribution in [0.4, 0.5) is 25.8 Å². The van der Waals surface area contributed by atoms with Gasteiger partial charge in [-0.1, -0.05) is 6.07 Å². The topological polar surface area (TPSA) is 48.5 Å². The second kappa shape index (κ2) is 8.26. The van der Waals surface area contributed by atoms with Crippen LogP contribution in [0, 0.1) is 11.6 Å². The predicted molar refractivity (Wildman–Crippen MR) is 109 cm³/mol. The van der Waals surface area contributed by atoms with Gasteiger partial charge in [0, 0.05) is 49.4 Å². The minimum Gasteiger partial charge on any atom is -0.368 e. The lowest BCUT2D eigenvalue weighted by atomic mass is 10.2. The van der Waals surface area contributed by atoms with Crippen LogP contribution >= 0.6 is 0 Å². The number of anilines is 3. The van der Waals surface area contributed by atoms with E-state index in [1.54, 1.807) is 30.5 Å². The van der Waals surface area contributed by atoms with Gasteiger partial charge >= 0.3 is 0 Å². The van der Waals surface area contributed by atoms with Crippen LogP contribution in [-0.4, -0.2) is 37.1 Å². The molecule has 4 rings (SSSR count). The van der Waals surface area contributed by atoms with Gasteiger partial charge in [-0.2, -0.15) is 0 Å². The number of rotatable bonds is 4. The monoisotopic (exact) mass is 394 g/mol. The predicted octanol–water partition coefficient (Wildman–Crippen LogP) is 3.94. The van der Waals surface area contributed by atoms with Gasteiger partial charge in [-0.15, -0.1) is 0 Å². The maximum atomic E-state index is 13.3. The van der Waals surface area contributed by atoms with Crippen molar-refractivity contribution in [3.05, 3.63) is 84.2 Å². The molecule has 5 nitrogen and oxygen atoms in total. The molecule has 0 unspecified atom stereocenters. The number of pyridine rings is 1. The number of aromatic nitrogens is 1. The molecule has 1 aliphatic rings. The highest BCUT2D eigenvalue weighted by Crippen LogP contribution is 2.21. The maximum absolute atomic E-state index is 13.3. The average molecular weight is 394 g/mol. The average Bonchev–Trinajstić information content (AvgIpc) is 2.74. The summed E-state index contributed by atoms with van der Waals surface area (Å²) in [5, 5.41) is 2.66. The third kappa shape index (κ3) is 4.51. The molecule has 1 aliphatic heterocycles. The number of piperazine rings is 1. The van der Waals surface area contributed by atoms with Crippen LogP contribution in [0.25, 0.3) is 0 Å². The number of hydrogen-bond acceptors (Lipinski definition) is 4. The van der Waals surface area contributed by atoms with Crippen molar-refractivity contribution in [1.29, 1.82) is 0 Å². The molecule has 3 aromatic rings. The summed E-state index contributed by atoms with van der Waals surface area (Å²) in [7, 11) is 0. The molecule has 2 aromatic carbocycles. The number of carbonyl (C=O) groups excluding carboxylic acids is 1. The van der Waals surface area contributed by atoms with Gasteiger partial charge in [0.1, 0.15) is 17.3 Å². The van der Waals surface area contributed by atoms with Crippen molar-refractivity contribution in [1.82, 2.24) is 4.98 Å². The van der Waals surface area contributed by atoms with E-state index in [1.807, 2.05) is 6.07 Å². The number of benzene rings is 2. The van der Waals surface area contributed by atoms with Crippen molar-refractivity contribution in [3.63, 3.8) is 0 Å². The summed E-state index contributed by atoms with van der Waals surface area (Å²) in [6, 6.07) is 15.8. The zero-order valence-corrected chi connectivity index (χ0v) is 15.7. The Kier molecular flexibility index (Phi) is 5.37. The van der Waals surface area contributed by atoms with Gasteiger partial charge in [-0.05, 0) is 54.6 Å². The third-order valence-corrected chi connectivity index (χ3v) is 4.90. The third-order valence-electron chi connectivity index (χ3n) is 4.90. The van der Waals surface area contributed by atoms with Gasteiger partial charge in [-0.25, -0.2) is 8.78 Å². The van der Waals surface area contributed by atoms with Crippen molar-refractivity contribution in [2.45, 2.75) is 0 Å². The molecule has 7 heteroatoms. The molecule has 1 aromatic heterocycles. The van der Waals surface area contributed by atoms with Crippen LogP contribution in [0.3, 0.4) is 0 Å². The van der Waals surface area contributed by atoms with E-state index >= 15 is 0 Å². The zero-order chi connectivity index (χ0) is 20.2. The lowest BCUT2D eigenvalue weighted by molar-refractivity contribution is 0.102. The molecular weight excluding hydrogens is 374 g/mol. The summed E-state index contributed by atoms with van der Waals surface area (Å²) in [6.45, 7) is 3.12. The summed E-state index contributed by atoms with van der Waals surface area (Å²) in [5.41, 5.74) is 2.56. The molecule has 1 amide bonds. The summed E-state index contributed by atoms with van der Waals surface area (Å²) in [4.78, 5) is 21.0. The first-order chi connectivity index (χ1) is 14.1. The van der Waals surface area contributed by atoms with Crippen molar-refractivity contribution in [2.75, 3.05) is 41.3 Å². The molecule has 0 saturated carbocycles. The van der Waals surface area contributed by atoms with Gasteiger partial charge in [0.15, 0.2) is 0 Å². The lowest BCUT2D eigenvalue weighted by Gasteiger charge is -2.37. The molecule has 1 saturated heterocycles. The Balaban J connectivity index is 1.41. The Morgan fingerprint density at radius 2 is 1.52 bits per heavy atom. The molecule has 0 atom stereocenters. The fourth-order valence-corrected chi connectivity index (χ4v) is 3.38. The number of carbonyl (C=O) groups is 1. The van der Waals surface area contributed by atoms with Gasteiger partial charge in [0.05, 0.1) is 0 Å². The molecule has 1 N–H and O–H groups in total. The Hall–Kier alpha value is -3.48. The minimum absolute atomic E-state index is 0.242. The number of amides is 1. The SMILES string of the molecule is O=C(Nc1cccc(F)c1)c1cc(N2CCN(c3ccc(F)cc3)CC2)ccn1. The Labute approximate surface area is 167 Å². The van der Waals surface area contributed by atoms with E-state index in [2.05, 4.69) is 20.1 Å². The highest BCUT2D eigenvalue weighted by Gasteiger charge is 2.19. The molecule has 0 spiro atoms. The van der Waals surface area contributed by atoms with Crippen LogP contribution < -0.4 is 15.1 Å².